The van der Waals surface area contributed by atoms with Gasteiger partial charge in [-0.1, -0.05) is 45.4 Å². The number of amides is 1. The summed E-state index contributed by atoms with van der Waals surface area (Å²) in [5, 5.41) is 25.0. The fraction of sp³-hybridized carbons (Fsp3) is 0.621. The molecule has 1 amide bonds. The Balaban J connectivity index is 1.97. The molecule has 7 nitrogen and oxygen atoms in total. The molecule has 1 aliphatic heterocycles. The SMILES string of the molecule is C/C1=C/CC(C)(c2ccc3nc(C)[nH]c3c2)NC(=O)CC(O)C(C)(C)C(=O)C(C)C(O)C(C)CCC1. The number of fused-ring (bicyclic) bond motifs is 1. The molecule has 2 aromatic rings. The second-order valence-electron chi connectivity index (χ2n) is 11.6. The lowest BCUT2D eigenvalue weighted by atomic mass is 9.72. The highest BCUT2D eigenvalue weighted by atomic mass is 16.3. The Morgan fingerprint density at radius 3 is 2.47 bits per heavy atom. The summed E-state index contributed by atoms with van der Waals surface area (Å²) in [5.74, 6) is -0.406. The van der Waals surface area contributed by atoms with Crippen LogP contribution in [0.25, 0.3) is 11.0 Å². The van der Waals surface area contributed by atoms with E-state index in [2.05, 4.69) is 28.3 Å². The number of hydrogen-bond donors (Lipinski definition) is 4. The number of nitrogens with one attached hydrogen (secondary N) is 2. The smallest absolute Gasteiger partial charge is 0.223 e. The van der Waals surface area contributed by atoms with E-state index in [1.807, 2.05) is 39.0 Å². The molecular weight excluding hydrogens is 454 g/mol. The van der Waals surface area contributed by atoms with Crippen LogP contribution in [-0.2, 0) is 15.1 Å². The zero-order chi connectivity index (χ0) is 26.8. The summed E-state index contributed by atoms with van der Waals surface area (Å²) in [4.78, 5) is 34.3. The van der Waals surface area contributed by atoms with E-state index < -0.39 is 29.1 Å². The van der Waals surface area contributed by atoms with Crippen LogP contribution in [0, 0.1) is 24.2 Å². The van der Waals surface area contributed by atoms with Crippen molar-refractivity contribution in [1.29, 1.82) is 0 Å². The first kappa shape index (κ1) is 28.1. The molecule has 1 aromatic carbocycles. The molecule has 198 valence electrons. The summed E-state index contributed by atoms with van der Waals surface area (Å²) < 4.78 is 0. The molecule has 4 N–H and O–H groups in total. The standard InChI is InChI=1S/C29H43N3O4/c1-17-9-8-10-18(2)26(35)19(3)27(36)28(5,6)24(33)16-25(34)32-29(7,14-13-17)21-11-12-22-23(15-21)31-20(4)30-22/h11-13,15,18-19,24,26,33,35H,8-10,14,16H2,1-7H3,(H,30,31)(H,32,34)/b17-13-. The molecule has 2 heterocycles. The molecule has 7 heteroatoms. The van der Waals surface area contributed by atoms with Crippen molar-refractivity contribution >= 4 is 22.7 Å². The third-order valence-corrected chi connectivity index (χ3v) is 8.10. The van der Waals surface area contributed by atoms with Gasteiger partial charge in [-0.2, -0.15) is 0 Å². The van der Waals surface area contributed by atoms with Crippen LogP contribution in [0.1, 0.15) is 85.0 Å². The number of H-pyrrole nitrogens is 1. The van der Waals surface area contributed by atoms with Gasteiger partial charge in [-0.25, -0.2) is 4.98 Å². The molecule has 0 spiro atoms. The number of Topliss-reactive ketones (excluding diaryl/α,β-unsaturated/α-hetero) is 1. The number of aromatic amines is 1. The predicted molar refractivity (Wildman–Crippen MR) is 142 cm³/mol. The minimum atomic E-state index is -1.18. The Morgan fingerprint density at radius 2 is 1.78 bits per heavy atom. The number of benzene rings is 1. The number of rotatable bonds is 1. The van der Waals surface area contributed by atoms with Crippen LogP contribution < -0.4 is 5.32 Å². The van der Waals surface area contributed by atoms with E-state index >= 15 is 0 Å². The highest BCUT2D eigenvalue weighted by molar-refractivity contribution is 5.88. The molecule has 0 aliphatic carbocycles. The summed E-state index contributed by atoms with van der Waals surface area (Å²) in [5.41, 5.74) is 2.04. The van der Waals surface area contributed by atoms with Gasteiger partial charge in [0.15, 0.2) is 0 Å². The highest BCUT2D eigenvalue weighted by Gasteiger charge is 2.42. The maximum atomic E-state index is 13.3. The predicted octanol–water partition coefficient (Wildman–Crippen LogP) is 4.70. The number of carbonyl (C=O) groups excluding carboxylic acids is 2. The number of aliphatic hydroxyl groups is 2. The molecular formula is C29H43N3O4. The van der Waals surface area contributed by atoms with E-state index in [4.69, 9.17) is 0 Å². The normalized spacial score (nSPS) is 32.6. The van der Waals surface area contributed by atoms with E-state index in [0.717, 1.165) is 41.7 Å². The quantitative estimate of drug-likeness (QED) is 0.426. The lowest BCUT2D eigenvalue weighted by Gasteiger charge is -2.36. The van der Waals surface area contributed by atoms with Gasteiger partial charge >= 0.3 is 0 Å². The second kappa shape index (κ2) is 10.9. The van der Waals surface area contributed by atoms with Crippen molar-refractivity contribution in [2.45, 2.75) is 98.3 Å². The maximum Gasteiger partial charge on any atom is 0.223 e. The molecule has 1 aliphatic rings. The fourth-order valence-corrected chi connectivity index (χ4v) is 5.26. The van der Waals surface area contributed by atoms with E-state index in [-0.39, 0.29) is 24.0 Å². The van der Waals surface area contributed by atoms with Crippen LogP contribution >= 0.6 is 0 Å². The average Bonchev–Trinajstić information content (AvgIpc) is 3.19. The Bertz CT molecular complexity index is 1130. The van der Waals surface area contributed by atoms with E-state index in [1.165, 1.54) is 5.57 Å². The Labute approximate surface area is 214 Å². The molecule has 5 atom stereocenters. The van der Waals surface area contributed by atoms with Crippen LogP contribution in [0.15, 0.2) is 29.8 Å². The number of ketones is 1. The number of imidazole rings is 1. The van der Waals surface area contributed by atoms with Gasteiger partial charge in [0.25, 0.3) is 0 Å². The van der Waals surface area contributed by atoms with Crippen molar-refractivity contribution in [3.8, 4) is 0 Å². The molecule has 5 unspecified atom stereocenters. The minimum Gasteiger partial charge on any atom is -0.392 e. The summed E-state index contributed by atoms with van der Waals surface area (Å²) in [7, 11) is 0. The number of aliphatic hydroxyl groups excluding tert-OH is 2. The average molecular weight is 498 g/mol. The summed E-state index contributed by atoms with van der Waals surface area (Å²) in [6.45, 7) is 13.0. The van der Waals surface area contributed by atoms with Gasteiger partial charge in [-0.05, 0) is 70.1 Å². The lowest BCUT2D eigenvalue weighted by molar-refractivity contribution is -0.143. The second-order valence-corrected chi connectivity index (χ2v) is 11.6. The Morgan fingerprint density at radius 1 is 1.08 bits per heavy atom. The number of nitrogens with zero attached hydrogens (tertiary/aromatic N) is 1. The van der Waals surface area contributed by atoms with Gasteiger partial charge in [0.05, 0.1) is 40.6 Å². The van der Waals surface area contributed by atoms with Crippen LogP contribution in [0.3, 0.4) is 0 Å². The molecule has 1 aromatic heterocycles. The first-order valence-electron chi connectivity index (χ1n) is 13.1. The summed E-state index contributed by atoms with van der Waals surface area (Å²) >= 11 is 0. The van der Waals surface area contributed by atoms with Crippen LogP contribution in [-0.4, -0.2) is 44.1 Å². The molecule has 0 bridgehead atoms. The topological polar surface area (TPSA) is 115 Å². The van der Waals surface area contributed by atoms with E-state index in [0.29, 0.717) is 6.42 Å². The zero-order valence-corrected chi connectivity index (χ0v) is 22.8. The van der Waals surface area contributed by atoms with Gasteiger partial charge in [0.1, 0.15) is 11.6 Å². The lowest BCUT2D eigenvalue weighted by Crippen LogP contribution is -2.49. The third-order valence-electron chi connectivity index (χ3n) is 8.10. The molecule has 0 radical (unpaired) electrons. The molecule has 0 saturated heterocycles. The highest BCUT2D eigenvalue weighted by Crippen LogP contribution is 2.33. The Hall–Kier alpha value is -2.51. The number of hydrogen-bond acceptors (Lipinski definition) is 5. The van der Waals surface area contributed by atoms with Gasteiger partial charge < -0.3 is 20.5 Å². The number of aryl methyl sites for hydroxylation is 1. The molecule has 36 heavy (non-hydrogen) atoms. The zero-order valence-electron chi connectivity index (χ0n) is 22.8. The van der Waals surface area contributed by atoms with Crippen molar-refractivity contribution in [2.75, 3.05) is 0 Å². The maximum absolute atomic E-state index is 13.3. The van der Waals surface area contributed by atoms with Crippen molar-refractivity contribution in [3.05, 3.63) is 41.2 Å². The van der Waals surface area contributed by atoms with Crippen LogP contribution in [0.2, 0.25) is 0 Å². The van der Waals surface area contributed by atoms with Gasteiger partial charge in [-0.3, -0.25) is 9.59 Å². The van der Waals surface area contributed by atoms with Crippen LogP contribution in [0.4, 0.5) is 0 Å². The number of allylic oxidation sites excluding steroid dienone is 1. The monoisotopic (exact) mass is 497 g/mol. The van der Waals surface area contributed by atoms with Crippen molar-refractivity contribution in [2.24, 2.45) is 17.3 Å². The Kier molecular flexibility index (Phi) is 8.46. The molecule has 0 fully saturated rings. The number of aromatic nitrogens is 2. The first-order valence-corrected chi connectivity index (χ1v) is 13.1. The van der Waals surface area contributed by atoms with E-state index in [1.54, 1.807) is 20.8 Å². The fourth-order valence-electron chi connectivity index (χ4n) is 5.26. The van der Waals surface area contributed by atoms with Crippen LogP contribution in [0.5, 0.6) is 0 Å². The van der Waals surface area contributed by atoms with Gasteiger partial charge in [0, 0.05) is 5.92 Å². The molecule has 3 rings (SSSR count). The van der Waals surface area contributed by atoms with Gasteiger partial charge in [-0.15, -0.1) is 0 Å². The molecule has 0 saturated carbocycles. The van der Waals surface area contributed by atoms with Crippen molar-refractivity contribution < 1.29 is 19.8 Å². The largest absolute Gasteiger partial charge is 0.392 e. The van der Waals surface area contributed by atoms with E-state index in [9.17, 15) is 19.8 Å². The first-order chi connectivity index (χ1) is 16.7. The van der Waals surface area contributed by atoms with Crippen molar-refractivity contribution in [1.82, 2.24) is 15.3 Å². The summed E-state index contributed by atoms with van der Waals surface area (Å²) in [6, 6.07) is 5.96. The van der Waals surface area contributed by atoms with Crippen molar-refractivity contribution in [3.63, 3.8) is 0 Å². The van der Waals surface area contributed by atoms with Gasteiger partial charge in [0.2, 0.25) is 5.91 Å². The number of carbonyl (C=O) groups is 2. The third kappa shape index (κ3) is 6.06. The summed E-state index contributed by atoms with van der Waals surface area (Å²) in [6.07, 6.45) is 3.15. The minimum absolute atomic E-state index is 0.0456.